The van der Waals surface area contributed by atoms with Gasteiger partial charge in [-0.25, -0.2) is 0 Å². The Kier molecular flexibility index (Phi) is 37.4. The molecule has 0 aromatic carbocycles. The molecule has 2 aliphatic heterocycles. The predicted octanol–water partition coefficient (Wildman–Crippen LogP) is 31.2. The van der Waals surface area contributed by atoms with Gasteiger partial charge in [0.2, 0.25) is 0 Å². The molecule has 0 saturated carbocycles. The standard InChI is InChI=1S/C86H126Br2N2O2S6/c1-9-17-25-33-35-39-47-63(45-37-27-19-11-3)61-89-79(71-55-53-69(93-71)73-57-65(49-41-29-21-13-5)81(95-73)75-59-67(83(87)97-75)51-43-31-23-15-7)77-78(85(89)91)80(90(86(77)92)62-64(46-38-28-20-12-4)48-40-36-34-26-18-10-2)72-56-54-70(94-72)74-58-66(50-42-30-22-14-6)82(96-74)76-60-68(84(88)98-76)52-44-32-24-16-8/h53-60,63-64H,9-52,61-62H2,1-8H3. The monoisotopic (exact) mass is 1570 g/mol. The third kappa shape index (κ3) is 23.8. The van der Waals surface area contributed by atoms with E-state index in [-0.39, 0.29) is 11.8 Å². The molecule has 8 heterocycles. The second kappa shape index (κ2) is 45.1. The number of nitrogens with zero attached hydrogens (tertiary/aromatic N) is 2. The van der Waals surface area contributed by atoms with Crippen molar-refractivity contribution < 1.29 is 9.59 Å². The molecule has 6 aromatic heterocycles. The maximum Gasteiger partial charge on any atom is 0.261 e. The normalized spacial score (nSPS) is 14.1. The smallest absolute Gasteiger partial charge is 0.261 e. The number of halogens is 2. The fraction of sp³-hybridized carbons (Fsp3) is 0.651. The van der Waals surface area contributed by atoms with E-state index in [1.54, 1.807) is 0 Å². The lowest BCUT2D eigenvalue weighted by Gasteiger charge is -2.29. The van der Waals surface area contributed by atoms with Crippen molar-refractivity contribution in [3.63, 3.8) is 0 Å². The van der Waals surface area contributed by atoms with E-state index in [1.807, 2.05) is 68.0 Å². The minimum Gasteiger partial charge on any atom is -0.306 e. The average molecular weight is 1570 g/mol. The molecule has 2 amide bonds. The Hall–Kier alpha value is -2.42. The first-order valence-corrected chi connectivity index (χ1v) is 46.6. The lowest BCUT2D eigenvalue weighted by molar-refractivity contribution is -0.124. The van der Waals surface area contributed by atoms with Crippen LogP contribution < -0.4 is 0 Å². The molecule has 4 nitrogen and oxygen atoms in total. The molecular weight excluding hydrogens is 1450 g/mol. The van der Waals surface area contributed by atoms with Gasteiger partial charge >= 0.3 is 0 Å². The van der Waals surface area contributed by atoms with Crippen molar-refractivity contribution in [2.75, 3.05) is 13.1 Å². The molecular formula is C86H126Br2N2O2S6. The van der Waals surface area contributed by atoms with Gasteiger partial charge in [0.15, 0.2) is 0 Å². The Morgan fingerprint density at radius 1 is 0.296 bits per heavy atom. The molecule has 98 heavy (non-hydrogen) atoms. The van der Waals surface area contributed by atoms with Crippen LogP contribution in [0.2, 0.25) is 0 Å². The molecule has 0 fully saturated rings. The molecule has 2 atom stereocenters. The fourth-order valence-electron chi connectivity index (χ4n) is 15.0. The first-order chi connectivity index (χ1) is 48.0. The summed E-state index contributed by atoms with van der Waals surface area (Å²) in [6, 6.07) is 19.3. The first kappa shape index (κ1) is 81.3. The van der Waals surface area contributed by atoms with Crippen LogP contribution in [0.25, 0.3) is 50.4 Å². The number of unbranched alkanes of at least 4 members (excludes halogenated alkanes) is 28. The van der Waals surface area contributed by atoms with E-state index in [9.17, 15) is 0 Å². The molecule has 0 N–H and O–H groups in total. The number of thiophene rings is 6. The van der Waals surface area contributed by atoms with Gasteiger partial charge in [-0.05, 0) is 192 Å². The highest BCUT2D eigenvalue weighted by molar-refractivity contribution is 9.11. The summed E-state index contributed by atoms with van der Waals surface area (Å²) in [5.41, 5.74) is 8.92. The van der Waals surface area contributed by atoms with Gasteiger partial charge in [-0.3, -0.25) is 9.59 Å². The van der Waals surface area contributed by atoms with Gasteiger partial charge in [0.25, 0.3) is 11.8 Å². The summed E-state index contributed by atoms with van der Waals surface area (Å²) in [6.45, 7) is 19.8. The highest BCUT2D eigenvalue weighted by atomic mass is 79.9. The van der Waals surface area contributed by atoms with Crippen LogP contribution in [0.5, 0.6) is 0 Å². The summed E-state index contributed by atoms with van der Waals surface area (Å²) in [6.07, 6.45) is 53.7. The van der Waals surface area contributed by atoms with E-state index in [4.69, 9.17) is 0 Å². The summed E-state index contributed by atoms with van der Waals surface area (Å²) in [7, 11) is 0. The van der Waals surface area contributed by atoms with Gasteiger partial charge < -0.3 is 9.80 Å². The number of rotatable bonds is 54. The van der Waals surface area contributed by atoms with Crippen molar-refractivity contribution in [2.24, 2.45) is 11.8 Å². The largest absolute Gasteiger partial charge is 0.306 e. The zero-order chi connectivity index (χ0) is 69.4. The van der Waals surface area contributed by atoms with E-state index in [1.165, 1.54) is 300 Å². The summed E-state index contributed by atoms with van der Waals surface area (Å²) in [5.74, 6) is 0.800. The van der Waals surface area contributed by atoms with Gasteiger partial charge in [-0.15, -0.1) is 68.0 Å². The minimum absolute atomic E-state index is 0.0470. The number of aryl methyl sites for hydroxylation is 4. The molecule has 12 heteroatoms. The molecule has 2 aliphatic rings. The van der Waals surface area contributed by atoms with Crippen LogP contribution >= 0.6 is 99.9 Å². The van der Waals surface area contributed by atoms with Gasteiger partial charge in [-0.1, -0.05) is 261 Å². The van der Waals surface area contributed by atoms with Crippen molar-refractivity contribution in [1.82, 2.24) is 9.80 Å². The first-order valence-electron chi connectivity index (χ1n) is 40.2. The van der Waals surface area contributed by atoms with Crippen LogP contribution in [-0.4, -0.2) is 34.7 Å². The minimum atomic E-state index is 0.0470. The Morgan fingerprint density at radius 2 is 0.561 bits per heavy atom. The van der Waals surface area contributed by atoms with Crippen LogP contribution in [0, 0.1) is 11.8 Å². The molecule has 0 bridgehead atoms. The van der Waals surface area contributed by atoms with E-state index < -0.39 is 0 Å². The van der Waals surface area contributed by atoms with Crippen LogP contribution in [-0.2, 0) is 35.3 Å². The second-order valence-corrected chi connectivity index (χ2v) is 38.2. The topological polar surface area (TPSA) is 40.6 Å². The van der Waals surface area contributed by atoms with Crippen LogP contribution in [0.15, 0.2) is 67.2 Å². The van der Waals surface area contributed by atoms with E-state index in [0.717, 1.165) is 72.5 Å². The van der Waals surface area contributed by atoms with Crippen molar-refractivity contribution >= 4 is 123 Å². The van der Waals surface area contributed by atoms with Crippen molar-refractivity contribution in [3.8, 4) is 39.0 Å². The van der Waals surface area contributed by atoms with Crippen molar-refractivity contribution in [1.29, 1.82) is 0 Å². The lowest BCUT2D eigenvalue weighted by Crippen LogP contribution is -2.34. The number of hydrogen-bond donors (Lipinski definition) is 0. The second-order valence-electron chi connectivity index (χ2n) is 29.1. The third-order valence-electron chi connectivity index (χ3n) is 20.9. The fourth-order valence-corrected chi connectivity index (χ4v) is 23.5. The summed E-state index contributed by atoms with van der Waals surface area (Å²) >= 11 is 19.5. The van der Waals surface area contributed by atoms with Crippen LogP contribution in [0.4, 0.5) is 0 Å². The number of hydrogen-bond acceptors (Lipinski definition) is 8. The van der Waals surface area contributed by atoms with Gasteiger partial charge in [0.05, 0.1) is 39.9 Å². The van der Waals surface area contributed by atoms with E-state index >= 15 is 9.59 Å². The highest BCUT2D eigenvalue weighted by Crippen LogP contribution is 2.54. The molecule has 542 valence electrons. The lowest BCUT2D eigenvalue weighted by atomic mass is 9.93. The number of carbonyl (C=O) groups is 2. The molecule has 0 radical (unpaired) electrons. The Balaban J connectivity index is 1.27. The molecule has 0 saturated heterocycles. The Bertz CT molecular complexity index is 3140. The SMILES string of the molecule is CCCCCCCCC(CCCCCC)CN1C(=O)C2=C(c3ccc(-c4cc(CCCCCC)c(-c5cc(CCCCCC)c(Br)s5)s4)s3)N(CC(CCCCCC)CCCCCCCC)C(=O)C2=C1c1ccc(-c2cc(CCCCCC)c(-c3cc(CCCCCC)c(Br)s3)s2)s1. The van der Waals surface area contributed by atoms with Gasteiger partial charge in [-0.2, -0.15) is 0 Å². The van der Waals surface area contributed by atoms with Crippen molar-refractivity contribution in [2.45, 2.75) is 338 Å². The van der Waals surface area contributed by atoms with E-state index in [0.29, 0.717) is 36.1 Å². The molecule has 2 unspecified atom stereocenters. The maximum atomic E-state index is 16.6. The Morgan fingerprint density at radius 3 is 0.888 bits per heavy atom. The summed E-state index contributed by atoms with van der Waals surface area (Å²) < 4.78 is 2.56. The Labute approximate surface area is 637 Å². The van der Waals surface area contributed by atoms with Crippen molar-refractivity contribution in [3.05, 3.63) is 99.3 Å². The number of carbonyl (C=O) groups excluding carboxylic acids is 2. The quantitative estimate of drug-likeness (QED) is 0.0357. The molecule has 0 spiro atoms. The molecule has 0 aliphatic carbocycles. The van der Waals surface area contributed by atoms with Gasteiger partial charge in [0.1, 0.15) is 0 Å². The summed E-state index contributed by atoms with van der Waals surface area (Å²) in [5, 5.41) is 0. The summed E-state index contributed by atoms with van der Waals surface area (Å²) in [4.78, 5) is 50.3. The third-order valence-corrected chi connectivity index (χ3v) is 30.1. The zero-order valence-electron chi connectivity index (χ0n) is 62.2. The highest BCUT2D eigenvalue weighted by Gasteiger charge is 2.50. The van der Waals surface area contributed by atoms with Crippen LogP contribution in [0.1, 0.15) is 344 Å². The van der Waals surface area contributed by atoms with Crippen LogP contribution in [0.3, 0.4) is 0 Å². The molecule has 6 aromatic rings. The number of amides is 2. The van der Waals surface area contributed by atoms with Gasteiger partial charge in [0, 0.05) is 52.1 Å². The predicted molar refractivity (Wildman–Crippen MR) is 446 cm³/mol. The van der Waals surface area contributed by atoms with E-state index in [2.05, 4.69) is 146 Å². The zero-order valence-corrected chi connectivity index (χ0v) is 70.3. The molecule has 8 rings (SSSR count). The average Bonchev–Trinajstić information content (AvgIpc) is 1.55. The number of fused-ring (bicyclic) bond motifs is 1. The maximum absolute atomic E-state index is 16.6.